The monoisotopic (exact) mass is 464 g/mol. The highest BCUT2D eigenvalue weighted by Gasteiger charge is 2.19. The Hall–Kier alpha value is -2.64. The summed E-state index contributed by atoms with van der Waals surface area (Å²) in [6.45, 7) is 3.79. The zero-order valence-electron chi connectivity index (χ0n) is 18.1. The highest BCUT2D eigenvalue weighted by atomic mass is 32.1. The van der Waals surface area contributed by atoms with E-state index in [0.717, 1.165) is 22.3 Å². The van der Waals surface area contributed by atoms with Crippen LogP contribution in [-0.2, 0) is 0 Å². The fourth-order valence-corrected chi connectivity index (χ4v) is 4.04. The van der Waals surface area contributed by atoms with E-state index >= 15 is 0 Å². The summed E-state index contributed by atoms with van der Waals surface area (Å²) in [5.74, 6) is 0. The number of nitrogens with one attached hydrogen (secondary N) is 2. The summed E-state index contributed by atoms with van der Waals surface area (Å²) in [5.41, 5.74) is 3.29. The maximum absolute atomic E-state index is 10.6. The maximum Gasteiger partial charge on any atom is 0.106 e. The molecular formula is C26H28N2O2S2. The number of hydrogen-bond acceptors (Lipinski definition) is 4. The lowest BCUT2D eigenvalue weighted by molar-refractivity contribution is 0.145. The first-order chi connectivity index (χ1) is 15.4. The Labute approximate surface area is 200 Å². The van der Waals surface area contributed by atoms with Gasteiger partial charge >= 0.3 is 0 Å². The zero-order chi connectivity index (χ0) is 23.1. The van der Waals surface area contributed by atoms with Crippen LogP contribution < -0.4 is 10.6 Å². The molecule has 4 atom stereocenters. The Morgan fingerprint density at radius 1 is 0.625 bits per heavy atom. The molecule has 0 aliphatic rings. The van der Waals surface area contributed by atoms with Crippen molar-refractivity contribution in [2.24, 2.45) is 0 Å². The van der Waals surface area contributed by atoms with E-state index in [2.05, 4.69) is 10.6 Å². The van der Waals surface area contributed by atoms with Crippen LogP contribution in [0, 0.1) is 0 Å². The Bertz CT molecular complexity index is 963. The van der Waals surface area contributed by atoms with Crippen LogP contribution in [0.1, 0.15) is 48.3 Å². The lowest BCUT2D eigenvalue weighted by Crippen LogP contribution is -2.37. The van der Waals surface area contributed by atoms with Gasteiger partial charge in [-0.1, -0.05) is 103 Å². The predicted molar refractivity (Wildman–Crippen MR) is 138 cm³/mol. The van der Waals surface area contributed by atoms with E-state index in [1.54, 1.807) is 0 Å². The van der Waals surface area contributed by atoms with Crippen LogP contribution in [0.2, 0.25) is 0 Å². The molecule has 0 saturated carbocycles. The second-order valence-electron chi connectivity index (χ2n) is 7.82. The van der Waals surface area contributed by atoms with Crippen LogP contribution in [0.25, 0.3) is 0 Å². The molecule has 0 unspecified atom stereocenters. The number of benzene rings is 3. The third-order valence-electron chi connectivity index (χ3n) is 5.33. The van der Waals surface area contributed by atoms with Gasteiger partial charge in [0.05, 0.1) is 24.3 Å². The number of aliphatic hydroxyl groups excluding tert-OH is 2. The SMILES string of the molecule is C[C@H](NC(=S)c1cccc(C(=S)N[C@@H](C)[C@H](O)c2ccccc2)c1)[C@H](O)c1ccccc1. The highest BCUT2D eigenvalue weighted by molar-refractivity contribution is 7.81. The molecule has 32 heavy (non-hydrogen) atoms. The van der Waals surface area contributed by atoms with Crippen LogP contribution in [0.5, 0.6) is 0 Å². The number of rotatable bonds is 8. The van der Waals surface area contributed by atoms with E-state index in [1.807, 2.05) is 98.8 Å². The molecule has 4 N–H and O–H groups in total. The zero-order valence-corrected chi connectivity index (χ0v) is 19.7. The maximum atomic E-state index is 10.6. The second kappa shape index (κ2) is 11.3. The van der Waals surface area contributed by atoms with Gasteiger partial charge in [0, 0.05) is 11.1 Å². The number of thiocarbonyl (C=S) groups is 2. The minimum absolute atomic E-state index is 0.264. The van der Waals surface area contributed by atoms with E-state index < -0.39 is 12.2 Å². The van der Waals surface area contributed by atoms with Crippen molar-refractivity contribution in [2.75, 3.05) is 0 Å². The summed E-state index contributed by atoms with van der Waals surface area (Å²) in [5, 5.41) is 27.6. The lowest BCUT2D eigenvalue weighted by atomic mass is 10.0. The highest BCUT2D eigenvalue weighted by Crippen LogP contribution is 2.18. The van der Waals surface area contributed by atoms with Gasteiger partial charge in [-0.15, -0.1) is 0 Å². The smallest absolute Gasteiger partial charge is 0.106 e. The summed E-state index contributed by atoms with van der Waals surface area (Å²) in [6, 6.07) is 26.1. The molecular weight excluding hydrogens is 436 g/mol. The van der Waals surface area contributed by atoms with Crippen LogP contribution in [-0.4, -0.2) is 32.3 Å². The van der Waals surface area contributed by atoms with Gasteiger partial charge in [0.25, 0.3) is 0 Å². The van der Waals surface area contributed by atoms with Crippen LogP contribution in [0.4, 0.5) is 0 Å². The minimum atomic E-state index is -0.680. The third kappa shape index (κ3) is 6.20. The fraction of sp³-hybridized carbons (Fsp3) is 0.231. The van der Waals surface area contributed by atoms with Crippen molar-refractivity contribution in [1.82, 2.24) is 10.6 Å². The Balaban J connectivity index is 1.63. The van der Waals surface area contributed by atoms with Crippen molar-refractivity contribution in [3.8, 4) is 0 Å². The summed E-state index contributed by atoms with van der Waals surface area (Å²) >= 11 is 11.2. The van der Waals surface area contributed by atoms with Crippen LogP contribution in [0.15, 0.2) is 84.9 Å². The molecule has 6 heteroatoms. The van der Waals surface area contributed by atoms with E-state index in [-0.39, 0.29) is 12.1 Å². The molecule has 0 aliphatic heterocycles. The average Bonchev–Trinajstić information content (AvgIpc) is 2.84. The summed E-state index contributed by atoms with van der Waals surface area (Å²) in [4.78, 5) is 1.07. The molecule has 0 heterocycles. The van der Waals surface area contributed by atoms with Crippen molar-refractivity contribution in [2.45, 2.75) is 38.1 Å². The lowest BCUT2D eigenvalue weighted by Gasteiger charge is -2.23. The number of aliphatic hydroxyl groups is 2. The average molecular weight is 465 g/mol. The summed E-state index contributed by atoms with van der Waals surface area (Å²) < 4.78 is 0. The molecule has 0 saturated heterocycles. The molecule has 0 radical (unpaired) electrons. The van der Waals surface area contributed by atoms with E-state index in [0.29, 0.717) is 9.98 Å². The molecule has 0 bridgehead atoms. The molecule has 166 valence electrons. The van der Waals surface area contributed by atoms with E-state index in [4.69, 9.17) is 24.4 Å². The summed E-state index contributed by atoms with van der Waals surface area (Å²) in [7, 11) is 0. The van der Waals surface area contributed by atoms with Crippen LogP contribution in [0.3, 0.4) is 0 Å². The fourth-order valence-electron chi connectivity index (χ4n) is 3.42. The van der Waals surface area contributed by atoms with Gasteiger partial charge in [0.1, 0.15) is 9.98 Å². The molecule has 0 fully saturated rings. The van der Waals surface area contributed by atoms with Gasteiger partial charge in [-0.05, 0) is 31.0 Å². The van der Waals surface area contributed by atoms with E-state index in [9.17, 15) is 10.2 Å². The van der Waals surface area contributed by atoms with Crippen molar-refractivity contribution < 1.29 is 10.2 Å². The predicted octanol–water partition coefficient (Wildman–Crippen LogP) is 4.46. The minimum Gasteiger partial charge on any atom is -0.386 e. The summed E-state index contributed by atoms with van der Waals surface area (Å²) in [6.07, 6.45) is -1.36. The molecule has 0 aliphatic carbocycles. The Kier molecular flexibility index (Phi) is 8.47. The van der Waals surface area contributed by atoms with Gasteiger partial charge in [0.15, 0.2) is 0 Å². The van der Waals surface area contributed by atoms with Crippen molar-refractivity contribution in [3.05, 3.63) is 107 Å². The van der Waals surface area contributed by atoms with Gasteiger partial charge < -0.3 is 20.8 Å². The second-order valence-corrected chi connectivity index (χ2v) is 8.63. The molecule has 3 aromatic carbocycles. The molecule has 0 aromatic heterocycles. The van der Waals surface area contributed by atoms with E-state index in [1.165, 1.54) is 0 Å². The first-order valence-corrected chi connectivity index (χ1v) is 11.4. The van der Waals surface area contributed by atoms with Crippen molar-refractivity contribution >= 4 is 34.4 Å². The third-order valence-corrected chi connectivity index (χ3v) is 6.04. The largest absolute Gasteiger partial charge is 0.386 e. The van der Waals surface area contributed by atoms with Gasteiger partial charge in [-0.25, -0.2) is 0 Å². The Morgan fingerprint density at radius 3 is 1.38 bits per heavy atom. The van der Waals surface area contributed by atoms with Gasteiger partial charge in [-0.2, -0.15) is 0 Å². The molecule has 3 aromatic rings. The van der Waals surface area contributed by atoms with Crippen LogP contribution >= 0.6 is 24.4 Å². The first kappa shape index (κ1) is 24.0. The van der Waals surface area contributed by atoms with Crippen molar-refractivity contribution in [1.29, 1.82) is 0 Å². The molecule has 0 spiro atoms. The Morgan fingerprint density at radius 2 is 1.00 bits per heavy atom. The molecule has 0 amide bonds. The topological polar surface area (TPSA) is 64.5 Å². The molecule has 4 nitrogen and oxygen atoms in total. The standard InChI is InChI=1S/C26H28N2O2S2/c1-17(23(29)19-10-5-3-6-11-19)27-25(31)21-14-9-15-22(16-21)26(32)28-18(2)24(30)20-12-7-4-8-13-20/h3-18,23-24,29-30H,1-2H3,(H,27,31)(H,28,32)/t17-,18-,23-,24-/m0/s1. The number of hydrogen-bond donors (Lipinski definition) is 4. The molecule has 3 rings (SSSR count). The normalized spacial score (nSPS) is 14.6. The van der Waals surface area contributed by atoms with Gasteiger partial charge in [0.2, 0.25) is 0 Å². The first-order valence-electron chi connectivity index (χ1n) is 10.5. The van der Waals surface area contributed by atoms with Gasteiger partial charge in [-0.3, -0.25) is 0 Å². The van der Waals surface area contributed by atoms with Crippen molar-refractivity contribution in [3.63, 3.8) is 0 Å². The quantitative estimate of drug-likeness (QED) is 0.369.